The first-order valence-electron chi connectivity index (χ1n) is 8.43. The first-order valence-corrected chi connectivity index (χ1v) is 11.7. The van der Waals surface area contributed by atoms with E-state index in [0.717, 1.165) is 11.1 Å². The zero-order valence-corrected chi connectivity index (χ0v) is 18.1. The summed E-state index contributed by atoms with van der Waals surface area (Å²) in [7, 11) is -6.80. The molecule has 0 heterocycles. The molecule has 0 atom stereocenters. The van der Waals surface area contributed by atoms with Crippen LogP contribution in [0.2, 0.25) is 0 Å². The zero-order chi connectivity index (χ0) is 22.5. The number of aliphatic hydroxyl groups is 1. The highest BCUT2D eigenvalue weighted by molar-refractivity contribution is 7.90. The van der Waals surface area contributed by atoms with Crippen molar-refractivity contribution in [2.24, 2.45) is 0 Å². The van der Waals surface area contributed by atoms with Crippen molar-refractivity contribution >= 4 is 20.0 Å². The molecule has 0 saturated heterocycles. The molecule has 6 nitrogen and oxygen atoms in total. The molecular formula is C19H26F2O6S2. The average Bonchev–Trinajstić information content (AvgIpc) is 2.67. The average molecular weight is 453 g/mol. The van der Waals surface area contributed by atoms with Crippen LogP contribution >= 0.6 is 0 Å². The molecule has 0 radical (unpaired) electrons. The molecule has 2 rings (SSSR count). The lowest BCUT2D eigenvalue weighted by molar-refractivity contribution is 0.253. The van der Waals surface area contributed by atoms with Gasteiger partial charge in [-0.2, -0.15) is 8.42 Å². The Morgan fingerprint density at radius 2 is 1.17 bits per heavy atom. The highest BCUT2D eigenvalue weighted by Gasteiger charge is 2.13. The first kappa shape index (κ1) is 27.1. The largest absolute Gasteiger partial charge is 0.394 e. The summed E-state index contributed by atoms with van der Waals surface area (Å²) in [5.74, 6) is 0. The van der Waals surface area contributed by atoms with Gasteiger partial charge in [0.1, 0.15) is 13.3 Å². The van der Waals surface area contributed by atoms with Crippen LogP contribution in [0.5, 0.6) is 0 Å². The van der Waals surface area contributed by atoms with Crippen LogP contribution in [0.4, 0.5) is 8.78 Å². The highest BCUT2D eigenvalue weighted by Crippen LogP contribution is 2.12. The van der Waals surface area contributed by atoms with Crippen LogP contribution in [0.1, 0.15) is 11.1 Å². The third kappa shape index (κ3) is 11.6. The number of hydrogen-bond acceptors (Lipinski definition) is 6. The molecule has 0 bridgehead atoms. The van der Waals surface area contributed by atoms with Crippen molar-refractivity contribution < 1.29 is 34.9 Å². The van der Waals surface area contributed by atoms with Gasteiger partial charge in [0.15, 0.2) is 9.84 Å². The minimum Gasteiger partial charge on any atom is -0.394 e. The van der Waals surface area contributed by atoms with Gasteiger partial charge in [0, 0.05) is 6.26 Å². The summed E-state index contributed by atoms with van der Waals surface area (Å²) in [4.78, 5) is 0.430. The Morgan fingerprint density at radius 1 is 0.793 bits per heavy atom. The minimum atomic E-state index is -3.78. The van der Waals surface area contributed by atoms with Crippen molar-refractivity contribution in [3.8, 4) is 0 Å². The Hall–Kier alpha value is -1.88. The van der Waals surface area contributed by atoms with Gasteiger partial charge in [0.05, 0.1) is 23.0 Å². The molecule has 0 fully saturated rings. The summed E-state index contributed by atoms with van der Waals surface area (Å²) in [5, 5.41) is 7.50. The predicted octanol–water partition coefficient (Wildman–Crippen LogP) is 3.02. The number of halogens is 2. The number of aliphatic hydroxyl groups excluding tert-OH is 1. The molecule has 0 saturated carbocycles. The summed E-state index contributed by atoms with van der Waals surface area (Å²) < 4.78 is 71.1. The maximum absolute atomic E-state index is 11.7. The Bertz CT molecular complexity index is 908. The second-order valence-corrected chi connectivity index (χ2v) is 9.41. The van der Waals surface area contributed by atoms with Gasteiger partial charge in [0.2, 0.25) is 0 Å². The van der Waals surface area contributed by atoms with E-state index in [-0.39, 0.29) is 11.5 Å². The van der Waals surface area contributed by atoms with E-state index in [2.05, 4.69) is 4.18 Å². The molecule has 0 aliphatic carbocycles. The van der Waals surface area contributed by atoms with Gasteiger partial charge >= 0.3 is 0 Å². The van der Waals surface area contributed by atoms with E-state index in [4.69, 9.17) is 5.11 Å². The molecule has 2 aromatic rings. The SMILES string of the molecule is Cc1ccc(S(=O)(=O)OCCF)cc1.Cc1ccc(S(C)(=O)=O)cc1.OCCF. The van der Waals surface area contributed by atoms with E-state index in [1.807, 2.05) is 13.8 Å². The zero-order valence-electron chi connectivity index (χ0n) is 16.5. The van der Waals surface area contributed by atoms with E-state index < -0.39 is 39.9 Å². The number of alkyl halides is 2. The lowest BCUT2D eigenvalue weighted by Gasteiger charge is -2.03. The molecule has 2 aromatic carbocycles. The third-order valence-corrected chi connectivity index (χ3v) is 5.61. The molecule has 1 N–H and O–H groups in total. The summed E-state index contributed by atoms with van der Waals surface area (Å²) in [5.41, 5.74) is 2.02. The van der Waals surface area contributed by atoms with Crippen LogP contribution in [0.3, 0.4) is 0 Å². The second kappa shape index (κ2) is 13.4. The van der Waals surface area contributed by atoms with Gasteiger partial charge in [-0.25, -0.2) is 17.2 Å². The van der Waals surface area contributed by atoms with E-state index in [1.165, 1.54) is 18.4 Å². The van der Waals surface area contributed by atoms with E-state index in [9.17, 15) is 25.6 Å². The molecule has 0 aromatic heterocycles. The van der Waals surface area contributed by atoms with Crippen molar-refractivity contribution in [3.05, 3.63) is 59.7 Å². The Kier molecular flexibility index (Phi) is 12.5. The lowest BCUT2D eigenvalue weighted by Crippen LogP contribution is -2.08. The molecule has 0 amide bonds. The van der Waals surface area contributed by atoms with Gasteiger partial charge in [-0.15, -0.1) is 0 Å². The van der Waals surface area contributed by atoms with E-state index in [1.54, 1.807) is 36.4 Å². The topological polar surface area (TPSA) is 97.7 Å². The number of rotatable bonds is 6. The van der Waals surface area contributed by atoms with Crippen molar-refractivity contribution in [3.63, 3.8) is 0 Å². The normalized spacial score (nSPS) is 11.0. The van der Waals surface area contributed by atoms with Crippen molar-refractivity contribution in [1.82, 2.24) is 0 Å². The van der Waals surface area contributed by atoms with E-state index >= 15 is 0 Å². The second-order valence-electron chi connectivity index (χ2n) is 5.78. The van der Waals surface area contributed by atoms with Gasteiger partial charge in [-0.05, 0) is 38.1 Å². The molecular weight excluding hydrogens is 426 g/mol. The third-order valence-electron chi connectivity index (χ3n) is 3.16. The summed E-state index contributed by atoms with van der Waals surface area (Å²) in [6, 6.07) is 13.0. The van der Waals surface area contributed by atoms with Crippen LogP contribution < -0.4 is 0 Å². The van der Waals surface area contributed by atoms with Gasteiger partial charge in [-0.1, -0.05) is 35.4 Å². The molecule has 0 spiro atoms. The highest BCUT2D eigenvalue weighted by atomic mass is 32.2. The molecule has 0 aliphatic heterocycles. The Labute approximate surface area is 171 Å². The van der Waals surface area contributed by atoms with Crippen LogP contribution in [0, 0.1) is 13.8 Å². The monoisotopic (exact) mass is 452 g/mol. The van der Waals surface area contributed by atoms with Crippen LogP contribution in [-0.4, -0.2) is 54.8 Å². The molecule has 0 aliphatic rings. The maximum atomic E-state index is 11.7. The number of aryl methyl sites for hydroxylation is 2. The summed E-state index contributed by atoms with van der Waals surface area (Å²) in [6.45, 7) is 1.55. The predicted molar refractivity (Wildman–Crippen MR) is 108 cm³/mol. The number of hydrogen-bond donors (Lipinski definition) is 1. The van der Waals surface area contributed by atoms with E-state index in [0.29, 0.717) is 4.90 Å². The standard InChI is InChI=1S/C9H11FO3S.C8H10O2S.C2H5FO/c1-8-2-4-9(5-3-8)14(11,12)13-7-6-10;1-7-3-5-8(6-4-7)11(2,9)10;3-1-2-4/h2-5H,6-7H2,1H3;3-6H,1-2H3;4H,1-2H2. The van der Waals surface area contributed by atoms with Crippen LogP contribution in [0.15, 0.2) is 58.3 Å². The number of benzene rings is 2. The fourth-order valence-electron chi connectivity index (χ4n) is 1.70. The number of sulfone groups is 1. The molecule has 10 heteroatoms. The molecule has 164 valence electrons. The van der Waals surface area contributed by atoms with Crippen molar-refractivity contribution in [2.75, 3.05) is 32.8 Å². The first-order chi connectivity index (χ1) is 13.5. The van der Waals surface area contributed by atoms with Gasteiger partial charge in [-0.3, -0.25) is 4.18 Å². The smallest absolute Gasteiger partial charge is 0.297 e. The quantitative estimate of drug-likeness (QED) is 0.677. The van der Waals surface area contributed by atoms with Crippen molar-refractivity contribution in [1.29, 1.82) is 0 Å². The summed E-state index contributed by atoms with van der Waals surface area (Å²) in [6.07, 6.45) is 1.21. The lowest BCUT2D eigenvalue weighted by atomic mass is 10.2. The van der Waals surface area contributed by atoms with Gasteiger partial charge < -0.3 is 5.11 Å². The van der Waals surface area contributed by atoms with Crippen LogP contribution in [0.25, 0.3) is 0 Å². The maximum Gasteiger partial charge on any atom is 0.297 e. The fourth-order valence-corrected chi connectivity index (χ4v) is 3.22. The van der Waals surface area contributed by atoms with Crippen molar-refractivity contribution in [2.45, 2.75) is 23.6 Å². The minimum absolute atomic E-state index is 0.0524. The van der Waals surface area contributed by atoms with Gasteiger partial charge in [0.25, 0.3) is 10.1 Å². The molecule has 29 heavy (non-hydrogen) atoms. The van der Waals surface area contributed by atoms with Crippen LogP contribution in [-0.2, 0) is 24.1 Å². The molecule has 0 unspecified atom stereocenters. The fraction of sp³-hybridized carbons (Fsp3) is 0.368. The summed E-state index contributed by atoms with van der Waals surface area (Å²) >= 11 is 0. The Balaban J connectivity index is 0.000000466. The Morgan fingerprint density at radius 3 is 1.48 bits per heavy atom.